The molecule has 0 aliphatic heterocycles. The first-order valence-corrected chi connectivity index (χ1v) is 4.00. The molecule has 0 spiro atoms. The third kappa shape index (κ3) is 5.94. The Morgan fingerprint density at radius 1 is 1.18 bits per heavy atom. The minimum atomic E-state index is -0.173. The smallest absolute Gasteiger partial charge is 0.0741 e. The lowest BCUT2D eigenvalue weighted by molar-refractivity contribution is 0.338. The first kappa shape index (κ1) is 10.5. The second-order valence-electron chi connectivity index (χ2n) is 4.68. The predicted molar refractivity (Wildman–Crippen MR) is 50.4 cm³/mol. The zero-order valence-electron chi connectivity index (χ0n) is 8.28. The van der Waals surface area contributed by atoms with Crippen LogP contribution in [0.2, 0.25) is 0 Å². The molecular weight excluding hydrogens is 134 g/mol. The Kier molecular flexibility index (Phi) is 3.13. The van der Waals surface area contributed by atoms with Gasteiger partial charge in [0, 0.05) is 6.54 Å². The van der Waals surface area contributed by atoms with Crippen molar-refractivity contribution >= 4 is 0 Å². The summed E-state index contributed by atoms with van der Waals surface area (Å²) in [7, 11) is 0. The molecule has 0 rings (SSSR count). The molecule has 0 aliphatic rings. The Morgan fingerprint density at radius 2 is 1.64 bits per heavy atom. The fourth-order valence-electron chi connectivity index (χ4n) is 0.537. The van der Waals surface area contributed by atoms with Crippen LogP contribution in [0.25, 0.3) is 0 Å². The minimum absolute atomic E-state index is 0.173. The van der Waals surface area contributed by atoms with Gasteiger partial charge in [0.25, 0.3) is 0 Å². The van der Waals surface area contributed by atoms with Crippen LogP contribution in [0.4, 0.5) is 0 Å². The van der Waals surface area contributed by atoms with Gasteiger partial charge in [-0.15, -0.1) is 6.42 Å². The van der Waals surface area contributed by atoms with Crippen molar-refractivity contribution in [3.8, 4) is 12.3 Å². The van der Waals surface area contributed by atoms with Gasteiger partial charge in [-0.2, -0.15) is 0 Å². The molecule has 64 valence electrons. The van der Waals surface area contributed by atoms with E-state index < -0.39 is 0 Å². The van der Waals surface area contributed by atoms with Crippen LogP contribution in [0.5, 0.6) is 0 Å². The number of terminal acetylenes is 1. The van der Waals surface area contributed by atoms with Crippen LogP contribution >= 0.6 is 0 Å². The van der Waals surface area contributed by atoms with E-state index in [1.807, 2.05) is 13.8 Å². The van der Waals surface area contributed by atoms with Gasteiger partial charge in [-0.1, -0.05) is 26.7 Å². The molecular formula is C10H19N. The molecule has 0 heterocycles. The van der Waals surface area contributed by atoms with Crippen molar-refractivity contribution in [1.29, 1.82) is 0 Å². The van der Waals surface area contributed by atoms with Crippen LogP contribution in [0.3, 0.4) is 0 Å². The lowest BCUT2D eigenvalue weighted by atomic mass is 9.95. The molecule has 1 N–H and O–H groups in total. The summed E-state index contributed by atoms with van der Waals surface area (Å²) >= 11 is 0. The van der Waals surface area contributed by atoms with Crippen molar-refractivity contribution in [1.82, 2.24) is 5.32 Å². The van der Waals surface area contributed by atoms with Gasteiger partial charge in [0.2, 0.25) is 0 Å². The second kappa shape index (κ2) is 3.28. The van der Waals surface area contributed by atoms with Crippen molar-refractivity contribution in [3.05, 3.63) is 0 Å². The van der Waals surface area contributed by atoms with Gasteiger partial charge in [-0.25, -0.2) is 0 Å². The minimum Gasteiger partial charge on any atom is -0.301 e. The van der Waals surface area contributed by atoms with Gasteiger partial charge in [-0.3, -0.25) is 0 Å². The first-order valence-electron chi connectivity index (χ1n) is 4.00. The molecule has 0 aromatic carbocycles. The monoisotopic (exact) mass is 153 g/mol. The Morgan fingerprint density at radius 3 is 1.91 bits per heavy atom. The summed E-state index contributed by atoms with van der Waals surface area (Å²) < 4.78 is 0. The second-order valence-corrected chi connectivity index (χ2v) is 4.68. The van der Waals surface area contributed by atoms with Crippen molar-refractivity contribution in [2.24, 2.45) is 5.41 Å². The summed E-state index contributed by atoms with van der Waals surface area (Å²) in [5.41, 5.74) is 0.126. The highest BCUT2D eigenvalue weighted by atomic mass is 15.0. The summed E-state index contributed by atoms with van der Waals surface area (Å²) in [6.45, 7) is 11.5. The Balaban J connectivity index is 3.83. The van der Waals surface area contributed by atoms with Gasteiger partial charge < -0.3 is 5.32 Å². The number of rotatable bonds is 2. The van der Waals surface area contributed by atoms with Crippen molar-refractivity contribution in [2.75, 3.05) is 6.54 Å². The van der Waals surface area contributed by atoms with E-state index in [9.17, 15) is 0 Å². The fourth-order valence-corrected chi connectivity index (χ4v) is 0.537. The molecule has 0 amide bonds. The van der Waals surface area contributed by atoms with Crippen LogP contribution < -0.4 is 5.32 Å². The lowest BCUT2D eigenvalue weighted by Crippen LogP contribution is -2.42. The Labute approximate surface area is 70.6 Å². The highest BCUT2D eigenvalue weighted by Gasteiger charge is 2.17. The number of hydrogen-bond acceptors (Lipinski definition) is 1. The molecule has 0 saturated carbocycles. The summed E-state index contributed by atoms with van der Waals surface area (Å²) in [5.74, 6) is 2.70. The highest BCUT2D eigenvalue weighted by Crippen LogP contribution is 2.12. The average molecular weight is 153 g/mol. The van der Waals surface area contributed by atoms with Crippen LogP contribution in [0.15, 0.2) is 0 Å². The molecule has 11 heavy (non-hydrogen) atoms. The Hall–Kier alpha value is -0.480. The zero-order valence-corrected chi connectivity index (χ0v) is 8.28. The summed E-state index contributed by atoms with van der Waals surface area (Å²) in [6.07, 6.45) is 5.32. The maximum Gasteiger partial charge on any atom is 0.0741 e. The zero-order chi connectivity index (χ0) is 9.12. The lowest BCUT2D eigenvalue weighted by Gasteiger charge is -2.26. The van der Waals surface area contributed by atoms with Gasteiger partial charge in [0.05, 0.1) is 5.54 Å². The van der Waals surface area contributed by atoms with E-state index in [0.717, 1.165) is 6.54 Å². The highest BCUT2D eigenvalue weighted by molar-refractivity contribution is 5.07. The third-order valence-electron chi connectivity index (χ3n) is 1.42. The molecule has 0 aromatic heterocycles. The maximum absolute atomic E-state index is 5.32. The molecule has 0 bridgehead atoms. The number of hydrogen-bond donors (Lipinski definition) is 1. The Bertz CT molecular complexity index is 155. The van der Waals surface area contributed by atoms with E-state index >= 15 is 0 Å². The first-order chi connectivity index (χ1) is 4.77. The van der Waals surface area contributed by atoms with E-state index in [1.54, 1.807) is 0 Å². The topological polar surface area (TPSA) is 12.0 Å². The molecule has 0 radical (unpaired) electrons. The van der Waals surface area contributed by atoms with E-state index in [4.69, 9.17) is 6.42 Å². The SMILES string of the molecule is C#CC(C)(C)NCC(C)(C)C. The molecule has 1 nitrogen and oxygen atoms in total. The predicted octanol–water partition coefficient (Wildman–Crippen LogP) is 2.03. The summed E-state index contributed by atoms with van der Waals surface area (Å²) in [5, 5.41) is 3.31. The van der Waals surface area contributed by atoms with Crippen molar-refractivity contribution in [3.63, 3.8) is 0 Å². The van der Waals surface area contributed by atoms with Gasteiger partial charge in [-0.05, 0) is 19.3 Å². The van der Waals surface area contributed by atoms with Gasteiger partial charge in [0.15, 0.2) is 0 Å². The van der Waals surface area contributed by atoms with E-state index in [2.05, 4.69) is 32.0 Å². The van der Waals surface area contributed by atoms with Gasteiger partial charge >= 0.3 is 0 Å². The number of nitrogens with one attached hydrogen (secondary N) is 1. The fraction of sp³-hybridized carbons (Fsp3) is 0.800. The average Bonchev–Trinajstić information content (AvgIpc) is 1.83. The quantitative estimate of drug-likeness (QED) is 0.599. The molecule has 0 atom stereocenters. The third-order valence-corrected chi connectivity index (χ3v) is 1.42. The summed E-state index contributed by atoms with van der Waals surface area (Å²) in [6, 6.07) is 0. The molecule has 0 saturated heterocycles. The van der Waals surface area contributed by atoms with Crippen LogP contribution in [0.1, 0.15) is 34.6 Å². The molecule has 1 heteroatoms. The van der Waals surface area contributed by atoms with Crippen LogP contribution in [-0.4, -0.2) is 12.1 Å². The standard InChI is InChI=1S/C10H19N/c1-7-10(5,6)11-8-9(2,3)4/h1,11H,8H2,2-6H3. The van der Waals surface area contributed by atoms with E-state index in [0.29, 0.717) is 5.41 Å². The normalized spacial score (nSPS) is 12.7. The molecule has 0 fully saturated rings. The van der Waals surface area contributed by atoms with Crippen LogP contribution in [-0.2, 0) is 0 Å². The molecule has 0 unspecified atom stereocenters. The maximum atomic E-state index is 5.32. The van der Waals surface area contributed by atoms with Crippen molar-refractivity contribution < 1.29 is 0 Å². The largest absolute Gasteiger partial charge is 0.301 e. The molecule has 0 aliphatic carbocycles. The van der Waals surface area contributed by atoms with Gasteiger partial charge in [0.1, 0.15) is 0 Å². The molecule has 0 aromatic rings. The van der Waals surface area contributed by atoms with E-state index in [-0.39, 0.29) is 5.54 Å². The van der Waals surface area contributed by atoms with E-state index in [1.165, 1.54) is 0 Å². The summed E-state index contributed by atoms with van der Waals surface area (Å²) in [4.78, 5) is 0. The van der Waals surface area contributed by atoms with Crippen molar-refractivity contribution in [2.45, 2.75) is 40.2 Å². The van der Waals surface area contributed by atoms with Crippen LogP contribution in [0, 0.1) is 17.8 Å².